The predicted molar refractivity (Wildman–Crippen MR) is 36.9 cm³/mol. The third-order valence-corrected chi connectivity index (χ3v) is 1.47. The summed E-state index contributed by atoms with van der Waals surface area (Å²) in [5, 5.41) is 8.60. The van der Waals surface area contributed by atoms with Crippen LogP contribution in [0.15, 0.2) is 23.8 Å². The Balaban J connectivity index is 2.45. The van der Waals surface area contributed by atoms with Gasteiger partial charge in [0.15, 0.2) is 0 Å². The van der Waals surface area contributed by atoms with E-state index in [4.69, 9.17) is 10.8 Å². The van der Waals surface area contributed by atoms with Gasteiger partial charge < -0.3 is 10.8 Å². The van der Waals surface area contributed by atoms with Crippen LogP contribution in [0.25, 0.3) is 0 Å². The molecule has 0 spiro atoms. The van der Waals surface area contributed by atoms with Gasteiger partial charge in [0.1, 0.15) is 0 Å². The van der Waals surface area contributed by atoms with Gasteiger partial charge in [0.2, 0.25) is 0 Å². The molecule has 50 valence electrons. The van der Waals surface area contributed by atoms with Gasteiger partial charge in [-0.1, -0.05) is 18.2 Å². The Morgan fingerprint density at radius 1 is 1.78 bits per heavy atom. The number of nitrogens with two attached hydrogens (primary N) is 1. The van der Waals surface area contributed by atoms with Gasteiger partial charge in [-0.25, -0.2) is 0 Å². The molecule has 0 aromatic heterocycles. The molecule has 1 rings (SSSR count). The standard InChI is InChI=1S/C7H11NO/c8-7(5-9)6-3-1-2-4-6/h1-3,7,9H,4-5,8H2. The molecule has 0 amide bonds. The molecule has 0 aliphatic heterocycles. The summed E-state index contributed by atoms with van der Waals surface area (Å²) in [7, 11) is 0. The van der Waals surface area contributed by atoms with Crippen molar-refractivity contribution in [3.05, 3.63) is 23.8 Å². The highest BCUT2D eigenvalue weighted by Crippen LogP contribution is 2.12. The zero-order valence-electron chi connectivity index (χ0n) is 5.25. The average molecular weight is 125 g/mol. The van der Waals surface area contributed by atoms with E-state index in [1.807, 2.05) is 18.2 Å². The largest absolute Gasteiger partial charge is 0.394 e. The lowest BCUT2D eigenvalue weighted by Crippen LogP contribution is -2.25. The minimum Gasteiger partial charge on any atom is -0.394 e. The molecule has 1 atom stereocenters. The Labute approximate surface area is 54.7 Å². The molecule has 1 unspecified atom stereocenters. The van der Waals surface area contributed by atoms with Crippen LogP contribution in [0.4, 0.5) is 0 Å². The number of hydrogen-bond donors (Lipinski definition) is 2. The highest BCUT2D eigenvalue weighted by Gasteiger charge is 2.07. The van der Waals surface area contributed by atoms with Crippen molar-refractivity contribution in [2.75, 3.05) is 6.61 Å². The van der Waals surface area contributed by atoms with Gasteiger partial charge in [0.05, 0.1) is 6.61 Å². The number of rotatable bonds is 2. The van der Waals surface area contributed by atoms with Gasteiger partial charge in [-0.05, 0) is 12.0 Å². The van der Waals surface area contributed by atoms with Crippen LogP contribution in [0.3, 0.4) is 0 Å². The van der Waals surface area contributed by atoms with Crippen LogP contribution in [0.2, 0.25) is 0 Å². The molecular formula is C7H11NO. The molecule has 2 heteroatoms. The normalized spacial score (nSPS) is 20.0. The van der Waals surface area contributed by atoms with Gasteiger partial charge >= 0.3 is 0 Å². The Hall–Kier alpha value is -0.600. The summed E-state index contributed by atoms with van der Waals surface area (Å²) in [6, 6.07) is -0.153. The molecule has 0 aromatic carbocycles. The van der Waals surface area contributed by atoms with Gasteiger partial charge in [-0.3, -0.25) is 0 Å². The summed E-state index contributed by atoms with van der Waals surface area (Å²) in [6.07, 6.45) is 6.86. The fourth-order valence-electron chi connectivity index (χ4n) is 0.856. The Kier molecular flexibility index (Phi) is 2.03. The minimum absolute atomic E-state index is 0.0491. The Morgan fingerprint density at radius 2 is 2.56 bits per heavy atom. The monoisotopic (exact) mass is 125 g/mol. The number of hydrogen-bond acceptors (Lipinski definition) is 2. The molecular weight excluding hydrogens is 114 g/mol. The van der Waals surface area contributed by atoms with E-state index >= 15 is 0 Å². The van der Waals surface area contributed by atoms with E-state index in [1.165, 1.54) is 0 Å². The summed E-state index contributed by atoms with van der Waals surface area (Å²) < 4.78 is 0. The third-order valence-electron chi connectivity index (χ3n) is 1.47. The number of allylic oxidation sites excluding steroid dienone is 3. The van der Waals surface area contributed by atoms with E-state index in [9.17, 15) is 0 Å². The van der Waals surface area contributed by atoms with E-state index in [-0.39, 0.29) is 12.6 Å². The Morgan fingerprint density at radius 3 is 3.00 bits per heavy atom. The molecule has 0 saturated heterocycles. The van der Waals surface area contributed by atoms with Gasteiger partial charge in [-0.15, -0.1) is 0 Å². The highest BCUT2D eigenvalue weighted by atomic mass is 16.3. The maximum Gasteiger partial charge on any atom is 0.0621 e. The lowest BCUT2D eigenvalue weighted by molar-refractivity contribution is 0.279. The van der Waals surface area contributed by atoms with Crippen molar-refractivity contribution in [3.63, 3.8) is 0 Å². The van der Waals surface area contributed by atoms with Gasteiger partial charge in [0, 0.05) is 6.04 Å². The highest BCUT2D eigenvalue weighted by molar-refractivity contribution is 5.26. The van der Waals surface area contributed by atoms with Crippen LogP contribution in [-0.2, 0) is 0 Å². The number of aliphatic hydroxyl groups excluding tert-OH is 1. The maximum atomic E-state index is 8.60. The van der Waals surface area contributed by atoms with Crippen molar-refractivity contribution in [2.45, 2.75) is 12.5 Å². The van der Waals surface area contributed by atoms with Crippen molar-refractivity contribution in [1.82, 2.24) is 0 Å². The zero-order valence-corrected chi connectivity index (χ0v) is 5.25. The van der Waals surface area contributed by atoms with Crippen LogP contribution in [0, 0.1) is 0 Å². The first-order valence-electron chi connectivity index (χ1n) is 3.06. The molecule has 0 fully saturated rings. The van der Waals surface area contributed by atoms with E-state index in [1.54, 1.807) is 0 Å². The summed E-state index contributed by atoms with van der Waals surface area (Å²) in [6.45, 7) is 0.0491. The molecule has 3 N–H and O–H groups in total. The van der Waals surface area contributed by atoms with Crippen LogP contribution >= 0.6 is 0 Å². The first-order chi connectivity index (χ1) is 4.34. The molecule has 9 heavy (non-hydrogen) atoms. The van der Waals surface area contributed by atoms with Crippen LogP contribution in [0.5, 0.6) is 0 Å². The molecule has 2 nitrogen and oxygen atoms in total. The second-order valence-electron chi connectivity index (χ2n) is 2.16. The summed E-state index contributed by atoms with van der Waals surface area (Å²) in [5.41, 5.74) is 6.64. The molecule has 0 radical (unpaired) electrons. The Bertz CT molecular complexity index is 149. The van der Waals surface area contributed by atoms with Gasteiger partial charge in [0.25, 0.3) is 0 Å². The van der Waals surface area contributed by atoms with Crippen molar-refractivity contribution in [1.29, 1.82) is 0 Å². The first kappa shape index (κ1) is 6.52. The molecule has 1 aliphatic carbocycles. The van der Waals surface area contributed by atoms with Crippen LogP contribution < -0.4 is 5.73 Å². The van der Waals surface area contributed by atoms with Crippen molar-refractivity contribution < 1.29 is 5.11 Å². The average Bonchev–Trinajstić information content (AvgIpc) is 2.37. The number of aliphatic hydroxyl groups is 1. The van der Waals surface area contributed by atoms with Crippen LogP contribution in [-0.4, -0.2) is 17.8 Å². The summed E-state index contributed by atoms with van der Waals surface area (Å²) in [4.78, 5) is 0. The molecule has 1 aliphatic rings. The predicted octanol–water partition coefficient (Wildman–Crippen LogP) is 0.192. The molecule has 0 bridgehead atoms. The second kappa shape index (κ2) is 2.80. The van der Waals surface area contributed by atoms with E-state index in [2.05, 4.69) is 0 Å². The zero-order chi connectivity index (χ0) is 6.69. The summed E-state index contributed by atoms with van der Waals surface area (Å²) in [5.74, 6) is 0. The second-order valence-corrected chi connectivity index (χ2v) is 2.16. The molecule has 0 heterocycles. The topological polar surface area (TPSA) is 46.2 Å². The van der Waals surface area contributed by atoms with Crippen molar-refractivity contribution in [3.8, 4) is 0 Å². The maximum absolute atomic E-state index is 8.60. The fourth-order valence-corrected chi connectivity index (χ4v) is 0.856. The quantitative estimate of drug-likeness (QED) is 0.553. The van der Waals surface area contributed by atoms with Crippen molar-refractivity contribution in [2.24, 2.45) is 5.73 Å². The lowest BCUT2D eigenvalue weighted by atomic mass is 10.1. The first-order valence-corrected chi connectivity index (χ1v) is 3.06. The van der Waals surface area contributed by atoms with Crippen molar-refractivity contribution >= 4 is 0 Å². The lowest BCUT2D eigenvalue weighted by Gasteiger charge is -2.07. The smallest absolute Gasteiger partial charge is 0.0621 e. The summed E-state index contributed by atoms with van der Waals surface area (Å²) >= 11 is 0. The van der Waals surface area contributed by atoms with Crippen LogP contribution in [0.1, 0.15) is 6.42 Å². The third kappa shape index (κ3) is 1.40. The fraction of sp³-hybridized carbons (Fsp3) is 0.429. The van der Waals surface area contributed by atoms with E-state index in [0.29, 0.717) is 0 Å². The minimum atomic E-state index is -0.153. The van der Waals surface area contributed by atoms with E-state index < -0.39 is 0 Å². The van der Waals surface area contributed by atoms with E-state index in [0.717, 1.165) is 12.0 Å². The van der Waals surface area contributed by atoms with Gasteiger partial charge in [-0.2, -0.15) is 0 Å². The molecule has 0 saturated carbocycles. The SMILES string of the molecule is NC(CO)C1=CC=CC1. The molecule has 0 aromatic rings.